The van der Waals surface area contributed by atoms with Gasteiger partial charge in [-0.05, 0) is 20.3 Å². The number of imidazole rings is 1. The maximum Gasteiger partial charge on any atom is 0.122 e. The van der Waals surface area contributed by atoms with Gasteiger partial charge < -0.3 is 14.6 Å². The molecule has 1 saturated heterocycles. The minimum atomic E-state index is 0.165. The summed E-state index contributed by atoms with van der Waals surface area (Å²) in [6, 6.07) is 0. The van der Waals surface area contributed by atoms with Crippen LogP contribution in [0.25, 0.3) is 0 Å². The number of nitrogens with one attached hydrogen (secondary N) is 1. The minimum absolute atomic E-state index is 0.165. The van der Waals surface area contributed by atoms with E-state index in [4.69, 9.17) is 4.74 Å². The smallest absolute Gasteiger partial charge is 0.122 e. The van der Waals surface area contributed by atoms with Crippen LogP contribution in [0.4, 0.5) is 0 Å². The molecule has 2 unspecified atom stereocenters. The van der Waals surface area contributed by atoms with E-state index in [0.717, 1.165) is 45.0 Å². The van der Waals surface area contributed by atoms with Crippen LogP contribution >= 0.6 is 0 Å². The average molecular weight is 303 g/mol. The molecular formula is C16H25N5O. The van der Waals surface area contributed by atoms with E-state index in [2.05, 4.69) is 40.0 Å². The molecule has 1 N–H and O–H groups in total. The number of rotatable bonds is 7. The van der Waals surface area contributed by atoms with Gasteiger partial charge in [-0.3, -0.25) is 4.68 Å². The van der Waals surface area contributed by atoms with Crippen molar-refractivity contribution in [3.8, 4) is 0 Å². The number of ether oxygens (including phenoxy) is 1. The van der Waals surface area contributed by atoms with E-state index >= 15 is 0 Å². The molecule has 0 bridgehead atoms. The molecule has 0 aliphatic carbocycles. The monoisotopic (exact) mass is 303 g/mol. The molecule has 1 aliphatic rings. The van der Waals surface area contributed by atoms with Crippen LogP contribution in [0.1, 0.15) is 37.8 Å². The van der Waals surface area contributed by atoms with Crippen molar-refractivity contribution in [1.29, 1.82) is 0 Å². The lowest BCUT2D eigenvalue weighted by atomic mass is 9.97. The second kappa shape index (κ2) is 7.07. The van der Waals surface area contributed by atoms with E-state index in [-0.39, 0.29) is 6.10 Å². The molecular weight excluding hydrogens is 278 g/mol. The first-order valence-corrected chi connectivity index (χ1v) is 8.16. The van der Waals surface area contributed by atoms with Gasteiger partial charge in [-0.25, -0.2) is 4.98 Å². The molecule has 3 rings (SSSR count). The summed E-state index contributed by atoms with van der Waals surface area (Å²) in [5, 5.41) is 7.89. The predicted molar refractivity (Wildman–Crippen MR) is 84.3 cm³/mol. The third-order valence-electron chi connectivity index (χ3n) is 4.35. The normalized spacial score (nSPS) is 21.5. The second-order valence-corrected chi connectivity index (χ2v) is 5.73. The molecule has 6 heteroatoms. The van der Waals surface area contributed by atoms with Gasteiger partial charge in [-0.15, -0.1) is 0 Å². The first-order chi connectivity index (χ1) is 10.8. The van der Waals surface area contributed by atoms with E-state index in [1.54, 1.807) is 0 Å². The Bertz CT molecular complexity index is 591. The van der Waals surface area contributed by atoms with Crippen LogP contribution in [0.3, 0.4) is 0 Å². The lowest BCUT2D eigenvalue weighted by molar-refractivity contribution is 0.0903. The number of aryl methyl sites for hydroxylation is 2. The highest BCUT2D eigenvalue weighted by Gasteiger charge is 2.30. The molecule has 0 spiro atoms. The Labute approximate surface area is 131 Å². The van der Waals surface area contributed by atoms with Gasteiger partial charge in [0, 0.05) is 56.3 Å². The van der Waals surface area contributed by atoms with Gasteiger partial charge in [-0.1, -0.05) is 0 Å². The molecule has 1 aliphatic heterocycles. The van der Waals surface area contributed by atoms with Crippen LogP contribution in [0.5, 0.6) is 0 Å². The Kier molecular flexibility index (Phi) is 4.90. The summed E-state index contributed by atoms with van der Waals surface area (Å²) in [5.74, 6) is 1.59. The Balaban J connectivity index is 1.55. The Hall–Kier alpha value is -1.66. The van der Waals surface area contributed by atoms with E-state index in [1.165, 1.54) is 5.56 Å². The number of hydrogen-bond acceptors (Lipinski definition) is 4. The maximum atomic E-state index is 5.93. The average Bonchev–Trinajstić information content (AvgIpc) is 3.27. The lowest BCUT2D eigenvalue weighted by Gasteiger charge is -2.18. The zero-order chi connectivity index (χ0) is 15.4. The van der Waals surface area contributed by atoms with Gasteiger partial charge in [0.25, 0.3) is 0 Å². The fourth-order valence-electron chi connectivity index (χ4n) is 3.08. The Morgan fingerprint density at radius 2 is 2.27 bits per heavy atom. The SMILES string of the molecule is CCn1cc(C2OCCC2CNCc2nccn2CC)cn1. The highest BCUT2D eigenvalue weighted by Crippen LogP contribution is 2.33. The second-order valence-electron chi connectivity index (χ2n) is 5.73. The molecule has 3 heterocycles. The number of aromatic nitrogens is 4. The lowest BCUT2D eigenvalue weighted by Crippen LogP contribution is -2.25. The van der Waals surface area contributed by atoms with Crippen LogP contribution in [-0.4, -0.2) is 32.5 Å². The van der Waals surface area contributed by atoms with Gasteiger partial charge in [0.15, 0.2) is 0 Å². The van der Waals surface area contributed by atoms with Gasteiger partial charge in [-0.2, -0.15) is 5.10 Å². The van der Waals surface area contributed by atoms with Crippen molar-refractivity contribution in [3.63, 3.8) is 0 Å². The van der Waals surface area contributed by atoms with E-state index in [9.17, 15) is 0 Å². The van der Waals surface area contributed by atoms with Gasteiger partial charge >= 0.3 is 0 Å². The standard InChI is InChI=1S/C16H25N5O/c1-3-20-7-6-18-15(20)11-17-9-13-5-8-22-16(13)14-10-19-21(4-2)12-14/h6-7,10,12-13,16-17H,3-5,8-9,11H2,1-2H3. The fourth-order valence-corrected chi connectivity index (χ4v) is 3.08. The summed E-state index contributed by atoms with van der Waals surface area (Å²) in [6.07, 6.45) is 9.19. The predicted octanol–water partition coefficient (Wildman–Crippen LogP) is 1.99. The van der Waals surface area contributed by atoms with Gasteiger partial charge in [0.05, 0.1) is 18.8 Å². The van der Waals surface area contributed by atoms with E-state index in [0.29, 0.717) is 5.92 Å². The van der Waals surface area contributed by atoms with Crippen LogP contribution in [0, 0.1) is 5.92 Å². The van der Waals surface area contributed by atoms with Gasteiger partial charge in [0.1, 0.15) is 5.82 Å². The van der Waals surface area contributed by atoms with Crippen molar-refractivity contribution in [2.24, 2.45) is 5.92 Å². The zero-order valence-corrected chi connectivity index (χ0v) is 13.4. The van der Waals surface area contributed by atoms with Crippen LogP contribution in [0.2, 0.25) is 0 Å². The van der Waals surface area contributed by atoms with Crippen molar-refractivity contribution in [1.82, 2.24) is 24.6 Å². The van der Waals surface area contributed by atoms with Crippen molar-refractivity contribution in [2.75, 3.05) is 13.2 Å². The maximum absolute atomic E-state index is 5.93. The summed E-state index contributed by atoms with van der Waals surface area (Å²) in [5.41, 5.74) is 1.20. The quantitative estimate of drug-likeness (QED) is 0.850. The van der Waals surface area contributed by atoms with Crippen molar-refractivity contribution in [3.05, 3.63) is 36.2 Å². The summed E-state index contributed by atoms with van der Waals surface area (Å²) >= 11 is 0. The summed E-state index contributed by atoms with van der Waals surface area (Å²) in [6.45, 7) is 8.67. The molecule has 0 aromatic carbocycles. The molecule has 6 nitrogen and oxygen atoms in total. The topological polar surface area (TPSA) is 56.9 Å². The minimum Gasteiger partial charge on any atom is -0.373 e. The molecule has 0 saturated carbocycles. The van der Waals surface area contributed by atoms with Crippen molar-refractivity contribution >= 4 is 0 Å². The van der Waals surface area contributed by atoms with Crippen molar-refractivity contribution < 1.29 is 4.74 Å². The number of nitrogens with zero attached hydrogens (tertiary/aromatic N) is 4. The van der Waals surface area contributed by atoms with E-state index < -0.39 is 0 Å². The molecule has 22 heavy (non-hydrogen) atoms. The zero-order valence-electron chi connectivity index (χ0n) is 13.4. The molecule has 2 atom stereocenters. The Morgan fingerprint density at radius 1 is 1.36 bits per heavy atom. The van der Waals surface area contributed by atoms with Crippen molar-refractivity contribution in [2.45, 2.75) is 46.0 Å². The first-order valence-electron chi connectivity index (χ1n) is 8.16. The summed E-state index contributed by atoms with van der Waals surface area (Å²) < 4.78 is 10.1. The highest BCUT2D eigenvalue weighted by atomic mass is 16.5. The summed E-state index contributed by atoms with van der Waals surface area (Å²) in [4.78, 5) is 4.40. The third-order valence-corrected chi connectivity index (χ3v) is 4.35. The molecule has 120 valence electrons. The molecule has 2 aromatic rings. The Morgan fingerprint density at radius 3 is 3.05 bits per heavy atom. The number of hydrogen-bond donors (Lipinski definition) is 1. The molecule has 1 fully saturated rings. The highest BCUT2D eigenvalue weighted by molar-refractivity contribution is 5.11. The fraction of sp³-hybridized carbons (Fsp3) is 0.625. The third kappa shape index (κ3) is 3.23. The molecule has 0 radical (unpaired) electrons. The molecule has 0 amide bonds. The van der Waals surface area contributed by atoms with Crippen LogP contribution < -0.4 is 5.32 Å². The first kappa shape index (κ1) is 15.2. The summed E-state index contributed by atoms with van der Waals surface area (Å²) in [7, 11) is 0. The van der Waals surface area contributed by atoms with Crippen LogP contribution in [0.15, 0.2) is 24.8 Å². The largest absolute Gasteiger partial charge is 0.373 e. The van der Waals surface area contributed by atoms with Crippen LogP contribution in [-0.2, 0) is 24.4 Å². The van der Waals surface area contributed by atoms with Gasteiger partial charge in [0.2, 0.25) is 0 Å². The van der Waals surface area contributed by atoms with E-state index in [1.807, 2.05) is 23.3 Å². The molecule has 2 aromatic heterocycles.